The first-order chi connectivity index (χ1) is 6.65. The van der Waals surface area contributed by atoms with Gasteiger partial charge in [0.1, 0.15) is 0 Å². The molecule has 0 aromatic heterocycles. The van der Waals surface area contributed by atoms with Gasteiger partial charge in [-0.2, -0.15) is 0 Å². The molecule has 1 aliphatic rings. The van der Waals surface area contributed by atoms with Crippen molar-refractivity contribution in [3.63, 3.8) is 0 Å². The van der Waals surface area contributed by atoms with Crippen LogP contribution in [0.5, 0.6) is 0 Å². The second-order valence-electron chi connectivity index (χ2n) is 3.53. The van der Waals surface area contributed by atoms with Crippen LogP contribution in [0.1, 0.15) is 39.5 Å². The molecule has 0 aliphatic carbocycles. The maximum Gasteiger partial charge on any atom is 0.307 e. The van der Waals surface area contributed by atoms with E-state index >= 15 is 0 Å². The predicted molar refractivity (Wildman–Crippen MR) is 51.4 cm³/mol. The van der Waals surface area contributed by atoms with Crippen LogP contribution in [0.25, 0.3) is 0 Å². The minimum Gasteiger partial charge on any atom is -0.442 e. The van der Waals surface area contributed by atoms with Crippen molar-refractivity contribution in [1.29, 1.82) is 0 Å². The summed E-state index contributed by atoms with van der Waals surface area (Å²) >= 11 is 0. The lowest BCUT2D eigenvalue weighted by Crippen LogP contribution is -2.37. The first-order valence-electron chi connectivity index (χ1n) is 5.14. The van der Waals surface area contributed by atoms with Crippen molar-refractivity contribution in [2.45, 2.75) is 45.8 Å². The van der Waals surface area contributed by atoms with E-state index in [2.05, 4.69) is 0 Å². The van der Waals surface area contributed by atoms with Crippen LogP contribution in [-0.4, -0.2) is 29.5 Å². The fraction of sp³-hybridized carbons (Fsp3) is 0.800. The third-order valence-corrected chi connectivity index (χ3v) is 2.31. The van der Waals surface area contributed by atoms with Crippen molar-refractivity contribution in [2.24, 2.45) is 0 Å². The van der Waals surface area contributed by atoms with E-state index in [1.54, 1.807) is 11.8 Å². The zero-order valence-corrected chi connectivity index (χ0v) is 8.78. The molecular formula is C10H17NO3. The highest BCUT2D eigenvalue weighted by atomic mass is 16.6. The van der Waals surface area contributed by atoms with Crippen LogP contribution in [-0.2, 0) is 14.3 Å². The molecule has 14 heavy (non-hydrogen) atoms. The normalized spacial score (nSPS) is 18.4. The van der Waals surface area contributed by atoms with Crippen molar-refractivity contribution in [3.8, 4) is 0 Å². The topological polar surface area (TPSA) is 46.6 Å². The van der Waals surface area contributed by atoms with E-state index in [9.17, 15) is 9.59 Å². The Morgan fingerprint density at radius 2 is 2.36 bits per heavy atom. The van der Waals surface area contributed by atoms with Crippen LogP contribution >= 0.6 is 0 Å². The van der Waals surface area contributed by atoms with Crippen LogP contribution < -0.4 is 0 Å². The minimum atomic E-state index is -0.399. The Morgan fingerprint density at radius 1 is 1.64 bits per heavy atom. The zero-order valence-electron chi connectivity index (χ0n) is 8.78. The smallest absolute Gasteiger partial charge is 0.307 e. The molecule has 1 aliphatic heterocycles. The van der Waals surface area contributed by atoms with E-state index < -0.39 is 6.23 Å². The summed E-state index contributed by atoms with van der Waals surface area (Å²) in [6, 6.07) is 0. The molecule has 0 aromatic carbocycles. The van der Waals surface area contributed by atoms with Crippen molar-refractivity contribution in [2.75, 3.05) is 6.54 Å². The molecule has 4 heteroatoms. The summed E-state index contributed by atoms with van der Waals surface area (Å²) in [5.41, 5.74) is 0. The van der Waals surface area contributed by atoms with Gasteiger partial charge < -0.3 is 9.64 Å². The zero-order chi connectivity index (χ0) is 10.6. The molecular weight excluding hydrogens is 182 g/mol. The standard InChI is InChI=1S/C10H17NO3/c1-3-5-10(13)14-8(2)11-7-4-6-9(11)12/h8H,3-7H2,1-2H3. The maximum atomic E-state index is 11.3. The molecule has 80 valence electrons. The maximum absolute atomic E-state index is 11.3. The summed E-state index contributed by atoms with van der Waals surface area (Å²) < 4.78 is 5.11. The highest BCUT2D eigenvalue weighted by Crippen LogP contribution is 2.14. The second kappa shape index (κ2) is 4.98. The fourth-order valence-electron chi connectivity index (χ4n) is 1.57. The van der Waals surface area contributed by atoms with Gasteiger partial charge in [0.15, 0.2) is 6.23 Å². The number of likely N-dealkylation sites (tertiary alicyclic amines) is 1. The van der Waals surface area contributed by atoms with Gasteiger partial charge >= 0.3 is 5.97 Å². The van der Waals surface area contributed by atoms with Crippen LogP contribution in [0.2, 0.25) is 0 Å². The number of esters is 1. The molecule has 0 spiro atoms. The molecule has 1 fully saturated rings. The SMILES string of the molecule is CCCC(=O)OC(C)N1CCCC1=O. The quantitative estimate of drug-likeness (QED) is 0.641. The summed E-state index contributed by atoms with van der Waals surface area (Å²) in [4.78, 5) is 24.1. The fourth-order valence-corrected chi connectivity index (χ4v) is 1.57. The summed E-state index contributed by atoms with van der Waals surface area (Å²) in [5, 5.41) is 0. The Kier molecular flexibility index (Phi) is 3.92. The largest absolute Gasteiger partial charge is 0.442 e. The molecule has 0 aromatic rings. The molecule has 1 unspecified atom stereocenters. The molecule has 1 saturated heterocycles. The van der Waals surface area contributed by atoms with Gasteiger partial charge in [0.2, 0.25) is 5.91 Å². The van der Waals surface area contributed by atoms with E-state index in [0.717, 1.165) is 12.8 Å². The average Bonchev–Trinajstić information content (AvgIpc) is 2.51. The number of amides is 1. The molecule has 0 radical (unpaired) electrons. The van der Waals surface area contributed by atoms with Crippen LogP contribution in [0.4, 0.5) is 0 Å². The van der Waals surface area contributed by atoms with Gasteiger partial charge in [-0.25, -0.2) is 0 Å². The second-order valence-corrected chi connectivity index (χ2v) is 3.53. The third-order valence-electron chi connectivity index (χ3n) is 2.31. The van der Waals surface area contributed by atoms with Gasteiger partial charge in [-0.1, -0.05) is 6.92 Å². The summed E-state index contributed by atoms with van der Waals surface area (Å²) in [5.74, 6) is -0.138. The molecule has 0 saturated carbocycles. The molecule has 0 bridgehead atoms. The van der Waals surface area contributed by atoms with E-state index in [-0.39, 0.29) is 11.9 Å². The van der Waals surface area contributed by atoms with Crippen molar-refractivity contribution >= 4 is 11.9 Å². The van der Waals surface area contributed by atoms with E-state index in [1.165, 1.54) is 0 Å². The van der Waals surface area contributed by atoms with Gasteiger partial charge in [0, 0.05) is 19.4 Å². The lowest BCUT2D eigenvalue weighted by molar-refractivity contribution is -0.160. The third kappa shape index (κ3) is 2.72. The Bertz CT molecular complexity index is 227. The Labute approximate surface area is 84.2 Å². The number of rotatable bonds is 4. The molecule has 1 heterocycles. The predicted octanol–water partition coefficient (Wildman–Crippen LogP) is 1.30. The number of carbonyl (C=O) groups is 2. The van der Waals surface area contributed by atoms with Gasteiger partial charge in [-0.15, -0.1) is 0 Å². The van der Waals surface area contributed by atoms with Gasteiger partial charge in [0.05, 0.1) is 0 Å². The number of carbonyl (C=O) groups excluding carboxylic acids is 2. The summed E-state index contributed by atoms with van der Waals surface area (Å²) in [7, 11) is 0. The van der Waals surface area contributed by atoms with Crippen molar-refractivity contribution in [3.05, 3.63) is 0 Å². The number of ether oxygens (including phenoxy) is 1. The molecule has 4 nitrogen and oxygen atoms in total. The van der Waals surface area contributed by atoms with Crippen LogP contribution in [0, 0.1) is 0 Å². The Balaban J connectivity index is 2.37. The van der Waals surface area contributed by atoms with Crippen LogP contribution in [0.15, 0.2) is 0 Å². The average molecular weight is 199 g/mol. The van der Waals surface area contributed by atoms with E-state index in [0.29, 0.717) is 19.4 Å². The van der Waals surface area contributed by atoms with E-state index in [1.807, 2.05) is 6.92 Å². The lowest BCUT2D eigenvalue weighted by atomic mass is 10.3. The molecule has 1 atom stereocenters. The highest BCUT2D eigenvalue weighted by Gasteiger charge is 2.26. The number of hydrogen-bond donors (Lipinski definition) is 0. The number of nitrogens with zero attached hydrogens (tertiary/aromatic N) is 1. The molecule has 1 amide bonds. The molecule has 1 rings (SSSR count). The van der Waals surface area contributed by atoms with Crippen molar-refractivity contribution < 1.29 is 14.3 Å². The monoisotopic (exact) mass is 199 g/mol. The summed E-state index contributed by atoms with van der Waals surface area (Å²) in [6.45, 7) is 4.38. The highest BCUT2D eigenvalue weighted by molar-refractivity contribution is 5.78. The van der Waals surface area contributed by atoms with Gasteiger partial charge in [-0.05, 0) is 19.8 Å². The summed E-state index contributed by atoms with van der Waals surface area (Å²) in [6.07, 6.45) is 2.25. The van der Waals surface area contributed by atoms with Crippen LogP contribution in [0.3, 0.4) is 0 Å². The minimum absolute atomic E-state index is 0.0850. The Morgan fingerprint density at radius 3 is 2.86 bits per heavy atom. The number of hydrogen-bond acceptors (Lipinski definition) is 3. The molecule has 0 N–H and O–H groups in total. The van der Waals surface area contributed by atoms with Gasteiger partial charge in [-0.3, -0.25) is 9.59 Å². The Hall–Kier alpha value is -1.06. The first-order valence-corrected chi connectivity index (χ1v) is 5.14. The van der Waals surface area contributed by atoms with Gasteiger partial charge in [0.25, 0.3) is 0 Å². The van der Waals surface area contributed by atoms with E-state index in [4.69, 9.17) is 4.74 Å². The van der Waals surface area contributed by atoms with Crippen molar-refractivity contribution in [1.82, 2.24) is 4.90 Å². The lowest BCUT2D eigenvalue weighted by Gasteiger charge is -2.23. The first kappa shape index (κ1) is 11.0.